The molecule has 1 aliphatic rings. The van der Waals surface area contributed by atoms with Crippen LogP contribution in [0.3, 0.4) is 0 Å². The van der Waals surface area contributed by atoms with Crippen molar-refractivity contribution in [2.75, 3.05) is 11.1 Å². The second-order valence-corrected chi connectivity index (χ2v) is 6.08. The predicted molar refractivity (Wildman–Crippen MR) is 80.0 cm³/mol. The van der Waals surface area contributed by atoms with E-state index in [4.69, 9.17) is 23.2 Å². The molecule has 0 fully saturated rings. The molecule has 0 aliphatic carbocycles. The van der Waals surface area contributed by atoms with Gasteiger partial charge in [0.15, 0.2) is 0 Å². The summed E-state index contributed by atoms with van der Waals surface area (Å²) < 4.78 is 0. The van der Waals surface area contributed by atoms with Crippen LogP contribution in [-0.4, -0.2) is 5.75 Å². The summed E-state index contributed by atoms with van der Waals surface area (Å²) in [5.74, 6) is 1.02. The standard InChI is InChI=1S/C14H11Cl2NS/c15-9-5-6-11(16)12(7-9)17-13-8-18-14-4-2-1-3-10(13)14/h1-7,13,17H,8H2. The first kappa shape index (κ1) is 12.2. The predicted octanol–water partition coefficient (Wildman–Crippen LogP) is 5.25. The van der Waals surface area contributed by atoms with Crippen molar-refractivity contribution in [3.8, 4) is 0 Å². The van der Waals surface area contributed by atoms with E-state index in [0.717, 1.165) is 11.4 Å². The van der Waals surface area contributed by atoms with E-state index >= 15 is 0 Å². The highest BCUT2D eigenvalue weighted by Crippen LogP contribution is 2.40. The molecule has 2 aromatic carbocycles. The van der Waals surface area contributed by atoms with Crippen molar-refractivity contribution in [2.24, 2.45) is 0 Å². The van der Waals surface area contributed by atoms with E-state index in [1.54, 1.807) is 6.07 Å². The Kier molecular flexibility index (Phi) is 3.42. The number of fused-ring (bicyclic) bond motifs is 1. The van der Waals surface area contributed by atoms with Crippen LogP contribution in [0.5, 0.6) is 0 Å². The van der Waals surface area contributed by atoms with Crippen LogP contribution >= 0.6 is 35.0 Å². The quantitative estimate of drug-likeness (QED) is 0.812. The summed E-state index contributed by atoms with van der Waals surface area (Å²) in [5.41, 5.74) is 2.23. The molecule has 4 heteroatoms. The van der Waals surface area contributed by atoms with Crippen molar-refractivity contribution in [2.45, 2.75) is 10.9 Å². The highest BCUT2D eigenvalue weighted by atomic mass is 35.5. The van der Waals surface area contributed by atoms with Crippen LogP contribution in [0.25, 0.3) is 0 Å². The third kappa shape index (κ3) is 2.33. The lowest BCUT2D eigenvalue weighted by molar-refractivity contribution is 0.900. The Labute approximate surface area is 120 Å². The molecular weight excluding hydrogens is 285 g/mol. The van der Waals surface area contributed by atoms with E-state index in [-0.39, 0.29) is 0 Å². The van der Waals surface area contributed by atoms with Gasteiger partial charge in [0.2, 0.25) is 0 Å². The van der Waals surface area contributed by atoms with Crippen molar-refractivity contribution < 1.29 is 0 Å². The topological polar surface area (TPSA) is 12.0 Å². The Bertz CT molecular complexity index is 586. The van der Waals surface area contributed by atoms with E-state index < -0.39 is 0 Å². The van der Waals surface area contributed by atoms with Gasteiger partial charge in [0.25, 0.3) is 0 Å². The van der Waals surface area contributed by atoms with Crippen molar-refractivity contribution >= 4 is 40.7 Å². The Hall–Kier alpha value is -0.830. The maximum atomic E-state index is 6.17. The van der Waals surface area contributed by atoms with Gasteiger partial charge in [-0.1, -0.05) is 41.4 Å². The van der Waals surface area contributed by atoms with Gasteiger partial charge >= 0.3 is 0 Å². The number of halogens is 2. The Morgan fingerprint density at radius 2 is 1.94 bits per heavy atom. The molecule has 0 radical (unpaired) electrons. The molecule has 1 aliphatic heterocycles. The molecule has 0 saturated carbocycles. The molecule has 0 aromatic heterocycles. The number of hydrogen-bond donors (Lipinski definition) is 1. The summed E-state index contributed by atoms with van der Waals surface area (Å²) in [7, 11) is 0. The van der Waals surface area contributed by atoms with Crippen molar-refractivity contribution in [1.29, 1.82) is 0 Å². The molecule has 1 atom stereocenters. The number of hydrogen-bond acceptors (Lipinski definition) is 2. The number of thioether (sulfide) groups is 1. The molecule has 0 spiro atoms. The molecule has 3 rings (SSSR count). The lowest BCUT2D eigenvalue weighted by atomic mass is 10.1. The van der Waals surface area contributed by atoms with Crippen molar-refractivity contribution in [3.05, 3.63) is 58.1 Å². The van der Waals surface area contributed by atoms with Crippen molar-refractivity contribution in [3.63, 3.8) is 0 Å². The molecule has 2 aromatic rings. The fraction of sp³-hybridized carbons (Fsp3) is 0.143. The van der Waals surface area contributed by atoms with Crippen LogP contribution in [0.2, 0.25) is 10.0 Å². The molecule has 0 saturated heterocycles. The first-order valence-corrected chi connectivity index (χ1v) is 7.41. The Morgan fingerprint density at radius 3 is 2.83 bits per heavy atom. The van der Waals surface area contributed by atoms with Gasteiger partial charge in [0, 0.05) is 15.7 Å². The van der Waals surface area contributed by atoms with Crippen LogP contribution in [0.15, 0.2) is 47.4 Å². The third-order valence-electron chi connectivity index (χ3n) is 2.96. The van der Waals surface area contributed by atoms with Crippen LogP contribution < -0.4 is 5.32 Å². The summed E-state index contributed by atoms with van der Waals surface area (Å²) in [4.78, 5) is 1.34. The molecule has 1 unspecified atom stereocenters. The summed E-state index contributed by atoms with van der Waals surface area (Å²) in [6.07, 6.45) is 0. The summed E-state index contributed by atoms with van der Waals surface area (Å²) in [6.45, 7) is 0. The fourth-order valence-corrected chi connectivity index (χ4v) is 3.58. The molecular formula is C14H11Cl2NS. The molecule has 0 amide bonds. The molecule has 92 valence electrons. The number of rotatable bonds is 2. The summed E-state index contributed by atoms with van der Waals surface area (Å²) in [5, 5.41) is 4.87. The average molecular weight is 296 g/mol. The highest BCUT2D eigenvalue weighted by molar-refractivity contribution is 7.99. The van der Waals surface area contributed by atoms with Gasteiger partial charge in [-0.05, 0) is 29.8 Å². The number of anilines is 1. The fourth-order valence-electron chi connectivity index (χ4n) is 2.08. The molecule has 1 N–H and O–H groups in total. The monoisotopic (exact) mass is 295 g/mol. The molecule has 1 heterocycles. The van der Waals surface area contributed by atoms with E-state index in [0.29, 0.717) is 16.1 Å². The lowest BCUT2D eigenvalue weighted by Gasteiger charge is -2.16. The molecule has 18 heavy (non-hydrogen) atoms. The zero-order chi connectivity index (χ0) is 12.5. The Balaban J connectivity index is 1.88. The molecule has 0 bridgehead atoms. The van der Waals surface area contributed by atoms with E-state index in [1.165, 1.54) is 10.5 Å². The summed E-state index contributed by atoms with van der Waals surface area (Å²) >= 11 is 14.0. The minimum Gasteiger partial charge on any atom is -0.376 e. The van der Waals surface area contributed by atoms with Crippen LogP contribution in [0.1, 0.15) is 11.6 Å². The first-order valence-electron chi connectivity index (χ1n) is 5.67. The largest absolute Gasteiger partial charge is 0.376 e. The smallest absolute Gasteiger partial charge is 0.0638 e. The van der Waals surface area contributed by atoms with Crippen LogP contribution in [0.4, 0.5) is 5.69 Å². The van der Waals surface area contributed by atoms with Crippen LogP contribution in [-0.2, 0) is 0 Å². The van der Waals surface area contributed by atoms with Crippen molar-refractivity contribution in [1.82, 2.24) is 0 Å². The maximum absolute atomic E-state index is 6.17. The zero-order valence-electron chi connectivity index (χ0n) is 9.49. The first-order chi connectivity index (χ1) is 8.74. The lowest BCUT2D eigenvalue weighted by Crippen LogP contribution is -2.09. The zero-order valence-corrected chi connectivity index (χ0v) is 11.8. The van der Waals surface area contributed by atoms with Gasteiger partial charge in [0.05, 0.1) is 16.8 Å². The average Bonchev–Trinajstić information content (AvgIpc) is 2.78. The SMILES string of the molecule is Clc1ccc(Cl)c(NC2CSc3ccccc32)c1. The normalized spacial score (nSPS) is 17.6. The van der Waals surface area contributed by atoms with Gasteiger partial charge < -0.3 is 5.32 Å². The van der Waals surface area contributed by atoms with E-state index in [1.807, 2.05) is 23.9 Å². The minimum absolute atomic E-state index is 0.294. The van der Waals surface area contributed by atoms with E-state index in [2.05, 4.69) is 29.6 Å². The van der Waals surface area contributed by atoms with E-state index in [9.17, 15) is 0 Å². The number of nitrogens with one attached hydrogen (secondary N) is 1. The maximum Gasteiger partial charge on any atom is 0.0638 e. The second-order valence-electron chi connectivity index (χ2n) is 4.17. The van der Waals surface area contributed by atoms with Crippen LogP contribution in [0, 0.1) is 0 Å². The van der Waals surface area contributed by atoms with Gasteiger partial charge in [-0.25, -0.2) is 0 Å². The molecule has 1 nitrogen and oxygen atoms in total. The highest BCUT2D eigenvalue weighted by Gasteiger charge is 2.22. The third-order valence-corrected chi connectivity index (χ3v) is 4.71. The second kappa shape index (κ2) is 5.04. The minimum atomic E-state index is 0.294. The van der Waals surface area contributed by atoms with Gasteiger partial charge in [-0.2, -0.15) is 0 Å². The summed E-state index contributed by atoms with van der Waals surface area (Å²) in [6, 6.07) is 14.2. The van der Waals surface area contributed by atoms with Gasteiger partial charge in [-0.15, -0.1) is 11.8 Å². The van der Waals surface area contributed by atoms with Gasteiger partial charge in [-0.3, -0.25) is 0 Å². The Morgan fingerprint density at radius 1 is 1.11 bits per heavy atom. The van der Waals surface area contributed by atoms with Gasteiger partial charge in [0.1, 0.15) is 0 Å². The number of benzene rings is 2.